The van der Waals surface area contributed by atoms with Crippen molar-refractivity contribution in [3.63, 3.8) is 0 Å². The van der Waals surface area contributed by atoms with Crippen LogP contribution in [-0.4, -0.2) is 31.6 Å². The van der Waals surface area contributed by atoms with Crippen LogP contribution in [0.25, 0.3) is 0 Å². The lowest BCUT2D eigenvalue weighted by Crippen LogP contribution is -2.27. The van der Waals surface area contributed by atoms with Gasteiger partial charge in [-0.2, -0.15) is 0 Å². The molecule has 0 radical (unpaired) electrons. The highest BCUT2D eigenvalue weighted by atomic mass is 16.5. The molecule has 1 fully saturated rings. The largest absolute Gasteiger partial charge is 0.469 e. The van der Waals surface area contributed by atoms with E-state index in [1.165, 1.54) is 7.11 Å². The Morgan fingerprint density at radius 3 is 2.63 bits per heavy atom. The highest BCUT2D eigenvalue weighted by Crippen LogP contribution is 2.21. The first-order valence-corrected chi connectivity index (χ1v) is 6.32. The Balaban J connectivity index is 1.98. The average molecular weight is 262 g/mol. The van der Waals surface area contributed by atoms with Crippen LogP contribution in [0, 0.1) is 0 Å². The van der Waals surface area contributed by atoms with Crippen molar-refractivity contribution in [2.24, 2.45) is 5.73 Å². The summed E-state index contributed by atoms with van der Waals surface area (Å²) < 4.78 is 4.60. The number of benzene rings is 1. The van der Waals surface area contributed by atoms with Crippen molar-refractivity contribution in [2.45, 2.75) is 25.3 Å². The van der Waals surface area contributed by atoms with Gasteiger partial charge in [0.2, 0.25) is 5.91 Å². The summed E-state index contributed by atoms with van der Waals surface area (Å²) in [5.74, 6) is -0.153. The molecular weight excluding hydrogens is 244 g/mol. The maximum Gasteiger partial charge on any atom is 0.305 e. The van der Waals surface area contributed by atoms with Gasteiger partial charge in [0.05, 0.1) is 7.11 Å². The minimum atomic E-state index is -0.218. The molecule has 0 spiro atoms. The summed E-state index contributed by atoms with van der Waals surface area (Å²) in [6, 6.07) is 7.56. The molecule has 1 aromatic carbocycles. The highest BCUT2D eigenvalue weighted by Gasteiger charge is 2.27. The van der Waals surface area contributed by atoms with E-state index in [1.54, 1.807) is 4.90 Å². The van der Waals surface area contributed by atoms with Crippen LogP contribution in [0.4, 0.5) is 5.69 Å². The van der Waals surface area contributed by atoms with E-state index in [4.69, 9.17) is 5.73 Å². The third-order valence-corrected chi connectivity index (χ3v) is 3.25. The minimum Gasteiger partial charge on any atom is -0.469 e. The van der Waals surface area contributed by atoms with Crippen LogP contribution >= 0.6 is 0 Å². The predicted octanol–water partition coefficient (Wildman–Crippen LogP) is 0.856. The van der Waals surface area contributed by atoms with Gasteiger partial charge < -0.3 is 15.4 Å². The SMILES string of the molecule is COC(=O)CCc1ccc(N2CC(N)CC2=O)cc1. The molecule has 1 aliphatic heterocycles. The molecule has 19 heavy (non-hydrogen) atoms. The van der Waals surface area contributed by atoms with Gasteiger partial charge in [-0.3, -0.25) is 9.59 Å². The third-order valence-electron chi connectivity index (χ3n) is 3.25. The molecule has 5 nitrogen and oxygen atoms in total. The number of aryl methyl sites for hydroxylation is 1. The molecule has 2 N–H and O–H groups in total. The molecule has 1 amide bonds. The number of nitrogens with zero attached hydrogens (tertiary/aromatic N) is 1. The van der Waals surface area contributed by atoms with Gasteiger partial charge >= 0.3 is 5.97 Å². The number of anilines is 1. The Kier molecular flexibility index (Phi) is 4.16. The number of hydrogen-bond donors (Lipinski definition) is 1. The minimum absolute atomic E-state index is 0.0646. The van der Waals surface area contributed by atoms with Gasteiger partial charge in [-0.05, 0) is 24.1 Å². The maximum absolute atomic E-state index is 11.7. The van der Waals surface area contributed by atoms with E-state index in [1.807, 2.05) is 24.3 Å². The molecule has 0 saturated carbocycles. The number of methoxy groups -OCH3 is 1. The van der Waals surface area contributed by atoms with Crippen LogP contribution in [0.2, 0.25) is 0 Å². The van der Waals surface area contributed by atoms with Crippen LogP contribution < -0.4 is 10.6 Å². The summed E-state index contributed by atoms with van der Waals surface area (Å²) in [5, 5.41) is 0. The Bertz CT molecular complexity index is 470. The first kappa shape index (κ1) is 13.5. The zero-order valence-corrected chi connectivity index (χ0v) is 11.0. The molecule has 5 heteroatoms. The number of nitrogens with two attached hydrogens (primary N) is 1. The van der Waals surface area contributed by atoms with Gasteiger partial charge in [0.25, 0.3) is 0 Å². The summed E-state index contributed by atoms with van der Waals surface area (Å²) in [7, 11) is 1.38. The normalized spacial score (nSPS) is 18.7. The topological polar surface area (TPSA) is 72.6 Å². The van der Waals surface area contributed by atoms with Crippen LogP contribution in [0.5, 0.6) is 0 Å². The van der Waals surface area contributed by atoms with Gasteiger partial charge in [-0.25, -0.2) is 0 Å². The molecular formula is C14H18N2O3. The van der Waals surface area contributed by atoms with Crippen molar-refractivity contribution in [1.29, 1.82) is 0 Å². The fourth-order valence-electron chi connectivity index (χ4n) is 2.18. The van der Waals surface area contributed by atoms with Crippen LogP contribution in [-0.2, 0) is 20.7 Å². The van der Waals surface area contributed by atoms with Crippen molar-refractivity contribution in [3.05, 3.63) is 29.8 Å². The number of esters is 1. The Morgan fingerprint density at radius 2 is 2.11 bits per heavy atom. The molecule has 2 rings (SSSR count). The van der Waals surface area contributed by atoms with Gasteiger partial charge in [0.15, 0.2) is 0 Å². The van der Waals surface area contributed by atoms with Gasteiger partial charge in [0, 0.05) is 31.1 Å². The van der Waals surface area contributed by atoms with Crippen LogP contribution in [0.3, 0.4) is 0 Å². The molecule has 1 aliphatic rings. The average Bonchev–Trinajstić information content (AvgIpc) is 2.75. The second-order valence-electron chi connectivity index (χ2n) is 4.71. The first-order chi connectivity index (χ1) is 9.10. The summed E-state index contributed by atoms with van der Waals surface area (Å²) in [4.78, 5) is 24.5. The van der Waals surface area contributed by atoms with Crippen molar-refractivity contribution in [1.82, 2.24) is 0 Å². The quantitative estimate of drug-likeness (QED) is 0.817. The first-order valence-electron chi connectivity index (χ1n) is 6.32. The number of carbonyl (C=O) groups excluding carboxylic acids is 2. The number of rotatable bonds is 4. The van der Waals surface area contributed by atoms with Gasteiger partial charge in [-0.15, -0.1) is 0 Å². The lowest BCUT2D eigenvalue weighted by Gasteiger charge is -2.16. The number of carbonyl (C=O) groups is 2. The molecule has 102 valence electrons. The molecule has 1 unspecified atom stereocenters. The molecule has 1 atom stereocenters. The van der Waals surface area contributed by atoms with E-state index in [9.17, 15) is 9.59 Å². The molecule has 1 aromatic rings. The van der Waals surface area contributed by atoms with E-state index >= 15 is 0 Å². The zero-order chi connectivity index (χ0) is 13.8. The maximum atomic E-state index is 11.7. The van der Waals surface area contributed by atoms with Gasteiger partial charge in [0.1, 0.15) is 0 Å². The molecule has 0 aromatic heterocycles. The highest BCUT2D eigenvalue weighted by molar-refractivity contribution is 5.96. The van der Waals surface area contributed by atoms with Crippen LogP contribution in [0.15, 0.2) is 24.3 Å². The predicted molar refractivity (Wildman–Crippen MR) is 71.7 cm³/mol. The van der Waals surface area contributed by atoms with Gasteiger partial charge in [-0.1, -0.05) is 12.1 Å². The van der Waals surface area contributed by atoms with E-state index in [0.29, 0.717) is 25.8 Å². The van der Waals surface area contributed by atoms with E-state index < -0.39 is 0 Å². The summed E-state index contributed by atoms with van der Waals surface area (Å²) >= 11 is 0. The summed E-state index contributed by atoms with van der Waals surface area (Å²) in [5.41, 5.74) is 7.67. The molecule has 1 heterocycles. The fourth-order valence-corrected chi connectivity index (χ4v) is 2.18. The van der Waals surface area contributed by atoms with E-state index in [2.05, 4.69) is 4.74 Å². The monoisotopic (exact) mass is 262 g/mol. The van der Waals surface area contributed by atoms with E-state index in [0.717, 1.165) is 11.3 Å². The van der Waals surface area contributed by atoms with Crippen molar-refractivity contribution in [3.8, 4) is 0 Å². The second kappa shape index (κ2) is 5.84. The number of amides is 1. The van der Waals surface area contributed by atoms with Crippen molar-refractivity contribution in [2.75, 3.05) is 18.6 Å². The fraction of sp³-hybridized carbons (Fsp3) is 0.429. The smallest absolute Gasteiger partial charge is 0.305 e. The lowest BCUT2D eigenvalue weighted by atomic mass is 10.1. The Hall–Kier alpha value is -1.88. The summed E-state index contributed by atoms with van der Waals surface area (Å²) in [6.45, 7) is 0.570. The van der Waals surface area contributed by atoms with E-state index in [-0.39, 0.29) is 17.9 Å². The summed E-state index contributed by atoms with van der Waals surface area (Å²) in [6.07, 6.45) is 1.41. The van der Waals surface area contributed by atoms with Crippen molar-refractivity contribution < 1.29 is 14.3 Å². The standard InChI is InChI=1S/C14H18N2O3/c1-19-14(18)7-4-10-2-5-12(6-3-10)16-9-11(15)8-13(16)17/h2-3,5-6,11H,4,7-9,15H2,1H3. The van der Waals surface area contributed by atoms with Crippen molar-refractivity contribution >= 4 is 17.6 Å². The zero-order valence-electron chi connectivity index (χ0n) is 11.0. The molecule has 1 saturated heterocycles. The molecule has 0 aliphatic carbocycles. The third kappa shape index (κ3) is 3.32. The molecule has 0 bridgehead atoms. The lowest BCUT2D eigenvalue weighted by molar-refractivity contribution is -0.140. The van der Waals surface area contributed by atoms with Crippen LogP contribution in [0.1, 0.15) is 18.4 Å². The number of ether oxygens (including phenoxy) is 1. The number of hydrogen-bond acceptors (Lipinski definition) is 4. The Labute approximate surface area is 112 Å². The second-order valence-corrected chi connectivity index (χ2v) is 4.71. The Morgan fingerprint density at radius 1 is 1.42 bits per heavy atom.